The zero-order valence-corrected chi connectivity index (χ0v) is 12.0. The summed E-state index contributed by atoms with van der Waals surface area (Å²) in [5.41, 5.74) is 0.876. The zero-order valence-electron chi connectivity index (χ0n) is 11.2. The van der Waals surface area contributed by atoms with Gasteiger partial charge in [-0.25, -0.2) is 8.42 Å². The lowest BCUT2D eigenvalue weighted by molar-refractivity contribution is 0.533. The summed E-state index contributed by atoms with van der Waals surface area (Å²) in [6, 6.07) is 9.83. The number of nitrogens with one attached hydrogen (secondary N) is 1. The lowest BCUT2D eigenvalue weighted by Gasteiger charge is -2.09. The molecule has 102 valence electrons. The average Bonchev–Trinajstić information content (AvgIpc) is 2.35. The van der Waals surface area contributed by atoms with E-state index in [2.05, 4.69) is 12.2 Å². The first kappa shape index (κ1) is 15.2. The topological polar surface area (TPSA) is 46.2 Å². The van der Waals surface area contributed by atoms with Gasteiger partial charge in [-0.05, 0) is 32.4 Å². The maximum atomic E-state index is 11.9. The molecule has 3 nitrogen and oxygen atoms in total. The van der Waals surface area contributed by atoms with Crippen LogP contribution in [0.4, 0.5) is 0 Å². The van der Waals surface area contributed by atoms with Crippen LogP contribution >= 0.6 is 0 Å². The van der Waals surface area contributed by atoms with E-state index in [0.29, 0.717) is 11.8 Å². The van der Waals surface area contributed by atoms with Crippen molar-refractivity contribution in [2.75, 3.05) is 12.8 Å². The second kappa shape index (κ2) is 7.54. The second-order valence-corrected chi connectivity index (χ2v) is 6.95. The van der Waals surface area contributed by atoms with Gasteiger partial charge >= 0.3 is 0 Å². The Morgan fingerprint density at radius 3 is 2.44 bits per heavy atom. The van der Waals surface area contributed by atoms with Gasteiger partial charge < -0.3 is 5.32 Å². The van der Waals surface area contributed by atoms with E-state index in [9.17, 15) is 8.42 Å². The van der Waals surface area contributed by atoms with Crippen LogP contribution in [-0.2, 0) is 15.6 Å². The molecule has 1 rings (SSSR count). The van der Waals surface area contributed by atoms with Gasteiger partial charge in [-0.15, -0.1) is 0 Å². The fourth-order valence-electron chi connectivity index (χ4n) is 1.82. The van der Waals surface area contributed by atoms with Crippen molar-refractivity contribution in [1.29, 1.82) is 0 Å². The molecule has 1 unspecified atom stereocenters. The summed E-state index contributed by atoms with van der Waals surface area (Å²) in [5, 5.41) is 3.15. The van der Waals surface area contributed by atoms with Crippen molar-refractivity contribution >= 4 is 9.84 Å². The van der Waals surface area contributed by atoms with E-state index < -0.39 is 9.84 Å². The van der Waals surface area contributed by atoms with Gasteiger partial charge in [0.2, 0.25) is 0 Å². The second-order valence-electron chi connectivity index (χ2n) is 4.76. The van der Waals surface area contributed by atoms with Gasteiger partial charge in [-0.1, -0.05) is 36.8 Å². The molecular weight excluding hydrogens is 246 g/mol. The van der Waals surface area contributed by atoms with Crippen molar-refractivity contribution in [3.63, 3.8) is 0 Å². The van der Waals surface area contributed by atoms with E-state index in [1.807, 2.05) is 37.4 Å². The van der Waals surface area contributed by atoms with E-state index >= 15 is 0 Å². The predicted molar refractivity (Wildman–Crippen MR) is 76.3 cm³/mol. The summed E-state index contributed by atoms with van der Waals surface area (Å²) in [6.45, 7) is 2.11. The lowest BCUT2D eigenvalue weighted by atomic mass is 10.1. The molecule has 0 heterocycles. The highest BCUT2D eigenvalue weighted by Crippen LogP contribution is 2.09. The molecule has 18 heavy (non-hydrogen) atoms. The Hall–Kier alpha value is -0.870. The first-order chi connectivity index (χ1) is 8.53. The zero-order chi connectivity index (χ0) is 13.4. The summed E-state index contributed by atoms with van der Waals surface area (Å²) in [7, 11) is -1.03. The molecule has 0 aliphatic carbocycles. The van der Waals surface area contributed by atoms with Crippen molar-refractivity contribution in [3.8, 4) is 0 Å². The molecule has 4 heteroatoms. The minimum absolute atomic E-state index is 0.162. The van der Waals surface area contributed by atoms with Crippen molar-refractivity contribution in [3.05, 3.63) is 35.9 Å². The van der Waals surface area contributed by atoms with Crippen molar-refractivity contribution in [1.82, 2.24) is 5.32 Å². The molecule has 0 radical (unpaired) electrons. The van der Waals surface area contributed by atoms with Crippen LogP contribution in [0.1, 0.15) is 31.7 Å². The Kier molecular flexibility index (Phi) is 6.36. The van der Waals surface area contributed by atoms with Crippen molar-refractivity contribution < 1.29 is 8.42 Å². The monoisotopic (exact) mass is 269 g/mol. The molecular formula is C14H23NO2S. The van der Waals surface area contributed by atoms with E-state index in [1.54, 1.807) is 0 Å². The van der Waals surface area contributed by atoms with E-state index in [4.69, 9.17) is 0 Å². The number of rotatable bonds is 8. The fraction of sp³-hybridized carbons (Fsp3) is 0.571. The van der Waals surface area contributed by atoms with Gasteiger partial charge in [0.1, 0.15) is 0 Å². The molecule has 1 aromatic carbocycles. The van der Waals surface area contributed by atoms with E-state index in [0.717, 1.165) is 24.8 Å². The van der Waals surface area contributed by atoms with Crippen LogP contribution < -0.4 is 5.32 Å². The molecule has 0 saturated carbocycles. The first-order valence-electron chi connectivity index (χ1n) is 6.45. The molecule has 0 aromatic heterocycles. The highest BCUT2D eigenvalue weighted by molar-refractivity contribution is 7.90. The van der Waals surface area contributed by atoms with Gasteiger partial charge in [-0.2, -0.15) is 0 Å². The summed E-state index contributed by atoms with van der Waals surface area (Å²) in [4.78, 5) is 0. The smallest absolute Gasteiger partial charge is 0.154 e. The third kappa shape index (κ3) is 6.17. The Balaban J connectivity index is 2.32. The molecule has 0 spiro atoms. The van der Waals surface area contributed by atoms with Crippen molar-refractivity contribution in [2.24, 2.45) is 0 Å². The standard InChI is InChI=1S/C14H23NO2S/c1-13(15-2)8-6-7-11-18(16,17)12-14-9-4-3-5-10-14/h3-5,9-10,13,15H,6-8,11-12H2,1-2H3. The average molecular weight is 269 g/mol. The van der Waals surface area contributed by atoms with Crippen molar-refractivity contribution in [2.45, 2.75) is 38.0 Å². The summed E-state index contributed by atoms with van der Waals surface area (Å²) in [5.74, 6) is 0.452. The SMILES string of the molecule is CNC(C)CCCCS(=O)(=O)Cc1ccccc1. The Morgan fingerprint density at radius 1 is 1.17 bits per heavy atom. The van der Waals surface area contributed by atoms with E-state index in [-0.39, 0.29) is 5.75 Å². The molecule has 1 aromatic rings. The number of benzene rings is 1. The number of hydrogen-bond donors (Lipinski definition) is 1. The predicted octanol–water partition coefficient (Wildman–Crippen LogP) is 2.38. The molecule has 0 amide bonds. The Morgan fingerprint density at radius 2 is 1.83 bits per heavy atom. The minimum atomic E-state index is -2.96. The number of sulfone groups is 1. The third-order valence-corrected chi connectivity index (χ3v) is 4.75. The summed E-state index contributed by atoms with van der Waals surface area (Å²) < 4.78 is 23.8. The van der Waals surface area contributed by atoms with Crippen LogP contribution in [0.3, 0.4) is 0 Å². The molecule has 0 aliphatic heterocycles. The van der Waals surface area contributed by atoms with Crippen LogP contribution in [-0.4, -0.2) is 27.3 Å². The maximum Gasteiger partial charge on any atom is 0.154 e. The molecule has 0 fully saturated rings. The number of hydrogen-bond acceptors (Lipinski definition) is 3. The van der Waals surface area contributed by atoms with E-state index in [1.165, 1.54) is 0 Å². The highest BCUT2D eigenvalue weighted by atomic mass is 32.2. The Labute approximate surface area is 111 Å². The fourth-order valence-corrected chi connectivity index (χ4v) is 3.31. The third-order valence-electron chi connectivity index (χ3n) is 3.06. The molecule has 0 saturated heterocycles. The minimum Gasteiger partial charge on any atom is -0.317 e. The lowest BCUT2D eigenvalue weighted by Crippen LogP contribution is -2.21. The first-order valence-corrected chi connectivity index (χ1v) is 8.27. The largest absolute Gasteiger partial charge is 0.317 e. The van der Waals surface area contributed by atoms with Crippen LogP contribution in [0.25, 0.3) is 0 Å². The van der Waals surface area contributed by atoms with Gasteiger partial charge in [0.05, 0.1) is 11.5 Å². The quantitative estimate of drug-likeness (QED) is 0.737. The highest BCUT2D eigenvalue weighted by Gasteiger charge is 2.11. The number of unbranched alkanes of at least 4 members (excludes halogenated alkanes) is 1. The molecule has 0 bridgehead atoms. The maximum absolute atomic E-state index is 11.9. The molecule has 1 atom stereocenters. The van der Waals surface area contributed by atoms with Crippen LogP contribution in [0.15, 0.2) is 30.3 Å². The molecule has 0 aliphatic rings. The van der Waals surface area contributed by atoms with Gasteiger partial charge in [-0.3, -0.25) is 0 Å². The van der Waals surface area contributed by atoms with Gasteiger partial charge in [0, 0.05) is 6.04 Å². The normalized spacial score (nSPS) is 13.4. The Bertz CT molecular complexity index is 428. The van der Waals surface area contributed by atoms with Crippen LogP contribution in [0.5, 0.6) is 0 Å². The van der Waals surface area contributed by atoms with Gasteiger partial charge in [0.25, 0.3) is 0 Å². The van der Waals surface area contributed by atoms with Crippen LogP contribution in [0.2, 0.25) is 0 Å². The summed E-state index contributed by atoms with van der Waals surface area (Å²) in [6.07, 6.45) is 2.73. The summed E-state index contributed by atoms with van der Waals surface area (Å²) >= 11 is 0. The molecule has 1 N–H and O–H groups in total. The van der Waals surface area contributed by atoms with Crippen LogP contribution in [0, 0.1) is 0 Å². The van der Waals surface area contributed by atoms with Gasteiger partial charge in [0.15, 0.2) is 9.84 Å².